The van der Waals surface area contributed by atoms with Crippen LogP contribution >= 0.6 is 0 Å². The van der Waals surface area contributed by atoms with Crippen molar-refractivity contribution >= 4 is 27.0 Å². The van der Waals surface area contributed by atoms with Gasteiger partial charge in [0.05, 0.1) is 11.1 Å². The second kappa shape index (κ2) is 7.52. The minimum absolute atomic E-state index is 0.0387. The maximum atomic E-state index is 14.6. The first-order valence-corrected chi connectivity index (χ1v) is 11.0. The molecular weight excluding hydrogens is 417 g/mol. The summed E-state index contributed by atoms with van der Waals surface area (Å²) in [5, 5.41) is 13.7. The number of nitrogens with zero attached hydrogens (tertiary/aromatic N) is 5. The Balaban J connectivity index is 1.62. The van der Waals surface area contributed by atoms with E-state index in [-0.39, 0.29) is 22.6 Å². The second-order valence-corrected chi connectivity index (χ2v) is 8.96. The molecule has 1 saturated heterocycles. The van der Waals surface area contributed by atoms with Crippen LogP contribution in [0.15, 0.2) is 35.6 Å². The number of halogens is 1. The smallest absolute Gasteiger partial charge is 0.407 e. The zero-order chi connectivity index (χ0) is 21.5. The summed E-state index contributed by atoms with van der Waals surface area (Å²) in [6.07, 6.45) is 3.59. The molecule has 12 heteroatoms. The summed E-state index contributed by atoms with van der Waals surface area (Å²) >= 11 is 0. The highest BCUT2D eigenvalue weighted by Gasteiger charge is 2.25. The van der Waals surface area contributed by atoms with Crippen molar-refractivity contribution in [2.75, 3.05) is 19.3 Å². The number of fused-ring (bicyclic) bond motifs is 1. The third kappa shape index (κ3) is 3.77. The van der Waals surface area contributed by atoms with Crippen molar-refractivity contribution in [1.29, 1.82) is 0 Å². The molecular formula is C18H18FN5O5S. The molecule has 1 aromatic carbocycles. The highest BCUT2D eigenvalue weighted by Crippen LogP contribution is 2.27. The van der Waals surface area contributed by atoms with E-state index in [0.717, 1.165) is 12.3 Å². The number of carboxylic acid groups (broad SMARTS) is 1. The summed E-state index contributed by atoms with van der Waals surface area (Å²) < 4.78 is 45.0. The lowest BCUT2D eigenvalue weighted by Crippen LogP contribution is -2.41. The van der Waals surface area contributed by atoms with Crippen LogP contribution in [0.3, 0.4) is 0 Å². The van der Waals surface area contributed by atoms with E-state index < -0.39 is 21.7 Å². The number of amides is 1. The second-order valence-electron chi connectivity index (χ2n) is 6.94. The summed E-state index contributed by atoms with van der Waals surface area (Å²) in [5.41, 5.74) is 0.339. The molecule has 158 valence electrons. The Morgan fingerprint density at radius 1 is 1.27 bits per heavy atom. The Labute approximate surface area is 170 Å². The van der Waals surface area contributed by atoms with Gasteiger partial charge >= 0.3 is 6.09 Å². The molecule has 2 aromatic heterocycles. The number of piperidine rings is 1. The van der Waals surface area contributed by atoms with Gasteiger partial charge in [0.2, 0.25) is 5.88 Å². The number of likely N-dealkylation sites (tertiary alicyclic amines) is 1. The van der Waals surface area contributed by atoms with Gasteiger partial charge in [0.1, 0.15) is 29.3 Å². The molecule has 3 heterocycles. The van der Waals surface area contributed by atoms with Gasteiger partial charge in [-0.25, -0.2) is 32.3 Å². The number of carbonyl (C=O) groups is 1. The standard InChI is InChI=1S/C18H18FN5O5S/c1-30(27,28)12-2-3-15(14(19)8-12)24-16-13(9-22-24)17(21-10-20-16)29-11-4-6-23(7-5-11)18(25)26/h2-3,8-11H,4-7H2,1H3,(H,25,26). The zero-order valence-corrected chi connectivity index (χ0v) is 16.7. The largest absolute Gasteiger partial charge is 0.474 e. The number of sulfone groups is 1. The molecule has 1 N–H and O–H groups in total. The lowest BCUT2D eigenvalue weighted by Gasteiger charge is -2.29. The molecule has 10 nitrogen and oxygen atoms in total. The number of benzene rings is 1. The van der Waals surface area contributed by atoms with Gasteiger partial charge in [-0.05, 0) is 18.2 Å². The van der Waals surface area contributed by atoms with Gasteiger partial charge in [-0.1, -0.05) is 0 Å². The van der Waals surface area contributed by atoms with E-state index in [1.807, 2.05) is 0 Å². The lowest BCUT2D eigenvalue weighted by atomic mass is 10.1. The molecule has 4 rings (SSSR count). The zero-order valence-electron chi connectivity index (χ0n) is 15.9. The van der Waals surface area contributed by atoms with Crippen molar-refractivity contribution in [2.24, 2.45) is 0 Å². The third-order valence-corrected chi connectivity index (χ3v) is 6.01. The van der Waals surface area contributed by atoms with Crippen LogP contribution in [0.4, 0.5) is 9.18 Å². The van der Waals surface area contributed by atoms with Gasteiger partial charge in [-0.15, -0.1) is 0 Å². The monoisotopic (exact) mass is 435 g/mol. The number of hydrogen-bond donors (Lipinski definition) is 1. The maximum Gasteiger partial charge on any atom is 0.407 e. The van der Waals surface area contributed by atoms with Crippen LogP contribution in [-0.4, -0.2) is 69.7 Å². The first kappa shape index (κ1) is 20.0. The topological polar surface area (TPSA) is 128 Å². The fourth-order valence-corrected chi connectivity index (χ4v) is 3.94. The number of hydrogen-bond acceptors (Lipinski definition) is 7. The molecule has 0 spiro atoms. The van der Waals surface area contributed by atoms with E-state index in [1.165, 1.54) is 34.2 Å². The molecule has 30 heavy (non-hydrogen) atoms. The molecule has 0 bridgehead atoms. The van der Waals surface area contributed by atoms with Crippen LogP contribution in [0.1, 0.15) is 12.8 Å². The van der Waals surface area contributed by atoms with Gasteiger partial charge in [-0.2, -0.15) is 5.10 Å². The van der Waals surface area contributed by atoms with E-state index in [2.05, 4.69) is 15.1 Å². The molecule has 3 aromatic rings. The number of rotatable bonds is 4. The molecule has 0 atom stereocenters. The summed E-state index contributed by atoms with van der Waals surface area (Å²) in [6.45, 7) is 0.733. The SMILES string of the molecule is CS(=O)(=O)c1ccc(-n2ncc3c(OC4CCN(C(=O)O)CC4)ncnc32)c(F)c1. The Morgan fingerprint density at radius 3 is 2.63 bits per heavy atom. The molecule has 1 aliphatic rings. The Morgan fingerprint density at radius 2 is 2.00 bits per heavy atom. The third-order valence-electron chi connectivity index (χ3n) is 4.90. The summed E-state index contributed by atoms with van der Waals surface area (Å²) in [6, 6.07) is 3.56. The fraction of sp³-hybridized carbons (Fsp3) is 0.333. The number of ether oxygens (including phenoxy) is 1. The van der Waals surface area contributed by atoms with E-state index >= 15 is 0 Å². The highest BCUT2D eigenvalue weighted by molar-refractivity contribution is 7.90. The van der Waals surface area contributed by atoms with Gasteiger partial charge in [-0.3, -0.25) is 0 Å². The minimum atomic E-state index is -3.54. The average molecular weight is 435 g/mol. The van der Waals surface area contributed by atoms with Crippen LogP contribution in [0.5, 0.6) is 5.88 Å². The van der Waals surface area contributed by atoms with E-state index in [0.29, 0.717) is 37.0 Å². The first-order chi connectivity index (χ1) is 14.2. The van der Waals surface area contributed by atoms with Crippen molar-refractivity contribution in [1.82, 2.24) is 24.6 Å². The van der Waals surface area contributed by atoms with Crippen molar-refractivity contribution < 1.29 is 27.4 Å². The maximum absolute atomic E-state index is 14.6. The normalized spacial score (nSPS) is 15.5. The minimum Gasteiger partial charge on any atom is -0.474 e. The van der Waals surface area contributed by atoms with E-state index in [9.17, 15) is 17.6 Å². The molecule has 0 radical (unpaired) electrons. The molecule has 0 saturated carbocycles. The highest BCUT2D eigenvalue weighted by atomic mass is 32.2. The van der Waals surface area contributed by atoms with Crippen LogP contribution < -0.4 is 4.74 Å². The molecule has 1 amide bonds. The summed E-state index contributed by atoms with van der Waals surface area (Å²) in [7, 11) is -3.54. The van der Waals surface area contributed by atoms with Crippen molar-refractivity contribution in [3.63, 3.8) is 0 Å². The summed E-state index contributed by atoms with van der Waals surface area (Å²) in [5.74, 6) is -0.488. The van der Waals surface area contributed by atoms with Crippen molar-refractivity contribution in [3.8, 4) is 11.6 Å². The number of aromatic nitrogens is 4. The molecule has 1 fully saturated rings. The predicted octanol–water partition coefficient (Wildman–Crippen LogP) is 1.88. The Kier molecular flexibility index (Phi) is 5.02. The van der Waals surface area contributed by atoms with Gasteiger partial charge < -0.3 is 14.7 Å². The van der Waals surface area contributed by atoms with Crippen LogP contribution in [-0.2, 0) is 9.84 Å². The average Bonchev–Trinajstić information content (AvgIpc) is 3.12. The van der Waals surface area contributed by atoms with Crippen LogP contribution in [0.2, 0.25) is 0 Å². The first-order valence-electron chi connectivity index (χ1n) is 9.07. The van der Waals surface area contributed by atoms with Crippen LogP contribution in [0, 0.1) is 5.82 Å². The Bertz CT molecular complexity index is 1220. The fourth-order valence-electron chi connectivity index (χ4n) is 3.31. The van der Waals surface area contributed by atoms with Crippen LogP contribution in [0.25, 0.3) is 16.7 Å². The Hall–Kier alpha value is -3.28. The van der Waals surface area contributed by atoms with E-state index in [1.54, 1.807) is 0 Å². The molecule has 0 aliphatic carbocycles. The van der Waals surface area contributed by atoms with E-state index in [4.69, 9.17) is 9.84 Å². The predicted molar refractivity (Wildman–Crippen MR) is 103 cm³/mol. The van der Waals surface area contributed by atoms with Crippen molar-refractivity contribution in [2.45, 2.75) is 23.8 Å². The van der Waals surface area contributed by atoms with Crippen molar-refractivity contribution in [3.05, 3.63) is 36.5 Å². The molecule has 1 aliphatic heterocycles. The lowest BCUT2D eigenvalue weighted by molar-refractivity contribution is 0.0879. The van der Waals surface area contributed by atoms with Gasteiger partial charge in [0.25, 0.3) is 0 Å². The van der Waals surface area contributed by atoms with Gasteiger partial charge in [0.15, 0.2) is 15.5 Å². The molecule has 0 unspecified atom stereocenters. The van der Waals surface area contributed by atoms with Gasteiger partial charge in [0, 0.05) is 32.2 Å². The quantitative estimate of drug-likeness (QED) is 0.658. The summed E-state index contributed by atoms with van der Waals surface area (Å²) in [4.78, 5) is 20.5.